The van der Waals surface area contributed by atoms with E-state index in [2.05, 4.69) is 5.32 Å². The lowest BCUT2D eigenvalue weighted by Crippen LogP contribution is -2.43. The second-order valence-electron chi connectivity index (χ2n) is 4.31. The summed E-state index contributed by atoms with van der Waals surface area (Å²) in [5, 5.41) is 2.42. The van der Waals surface area contributed by atoms with Crippen LogP contribution >= 0.6 is 0 Å². The van der Waals surface area contributed by atoms with Crippen LogP contribution in [0.15, 0.2) is 53.1 Å². The van der Waals surface area contributed by atoms with Gasteiger partial charge in [-0.25, -0.2) is 4.79 Å². The van der Waals surface area contributed by atoms with E-state index in [1.165, 1.54) is 13.3 Å². The van der Waals surface area contributed by atoms with Crippen LogP contribution in [-0.2, 0) is 4.79 Å². The van der Waals surface area contributed by atoms with Gasteiger partial charge in [-0.05, 0) is 24.3 Å². The molecule has 108 valence electrons. The molecule has 0 saturated carbocycles. The highest BCUT2D eigenvalue weighted by Gasteiger charge is 2.22. The molecule has 2 aromatic rings. The Morgan fingerprint density at radius 3 is 2.48 bits per heavy atom. The van der Waals surface area contributed by atoms with Crippen molar-refractivity contribution in [2.45, 2.75) is 6.04 Å². The van der Waals surface area contributed by atoms with Crippen molar-refractivity contribution in [2.24, 2.45) is 0 Å². The summed E-state index contributed by atoms with van der Waals surface area (Å²) >= 11 is 0. The molecular weight excluding hydrogens is 272 g/mol. The molecule has 1 aromatic carbocycles. The van der Waals surface area contributed by atoms with E-state index in [-0.39, 0.29) is 0 Å². The minimum absolute atomic E-state index is 0.305. The fourth-order valence-electron chi connectivity index (χ4n) is 1.74. The summed E-state index contributed by atoms with van der Waals surface area (Å²) in [6.07, 6.45) is 1.94. The summed E-state index contributed by atoms with van der Waals surface area (Å²) in [7, 11) is 1.34. The molecule has 0 aliphatic carbocycles. The third kappa shape index (κ3) is 3.36. The predicted octanol–water partition coefficient (Wildman–Crippen LogP) is 2.00. The van der Waals surface area contributed by atoms with E-state index in [0.29, 0.717) is 17.6 Å². The number of imide groups is 1. The van der Waals surface area contributed by atoms with Crippen LogP contribution in [0.25, 0.3) is 0 Å². The van der Waals surface area contributed by atoms with Gasteiger partial charge in [0, 0.05) is 12.6 Å². The Balaban J connectivity index is 2.06. The fourth-order valence-corrected chi connectivity index (χ4v) is 1.74. The molecule has 0 aliphatic rings. The Hall–Kier alpha value is -2.89. The molecule has 1 heterocycles. The summed E-state index contributed by atoms with van der Waals surface area (Å²) in [6.45, 7) is 0. The maximum atomic E-state index is 12.1. The van der Waals surface area contributed by atoms with Crippen molar-refractivity contribution in [3.8, 4) is 0 Å². The van der Waals surface area contributed by atoms with Crippen molar-refractivity contribution < 1.29 is 18.8 Å². The van der Waals surface area contributed by atoms with Crippen LogP contribution in [0.1, 0.15) is 22.2 Å². The molecule has 0 bridgehead atoms. The molecule has 6 nitrogen and oxygen atoms in total. The number of nitrogens with one attached hydrogen (secondary N) is 1. The van der Waals surface area contributed by atoms with E-state index in [4.69, 9.17) is 4.42 Å². The fraction of sp³-hybridized carbons (Fsp3) is 0.133. The van der Waals surface area contributed by atoms with Crippen LogP contribution in [0, 0.1) is 0 Å². The Bertz CT molecular complexity index is 622. The minimum atomic E-state index is -0.932. The first-order valence-corrected chi connectivity index (χ1v) is 6.25. The van der Waals surface area contributed by atoms with E-state index in [9.17, 15) is 14.4 Å². The molecule has 0 saturated heterocycles. The number of carbonyl (C=O) groups excluding carboxylic acids is 3. The van der Waals surface area contributed by atoms with E-state index >= 15 is 0 Å². The number of nitrogens with zero attached hydrogens (tertiary/aromatic N) is 1. The van der Waals surface area contributed by atoms with Gasteiger partial charge in [-0.15, -0.1) is 0 Å². The molecule has 6 heteroatoms. The van der Waals surface area contributed by atoms with Gasteiger partial charge in [0.2, 0.25) is 0 Å². The molecular formula is C15H14N2O4. The third-order valence-corrected chi connectivity index (χ3v) is 2.89. The maximum Gasteiger partial charge on any atom is 0.325 e. The second-order valence-corrected chi connectivity index (χ2v) is 4.31. The average molecular weight is 286 g/mol. The third-order valence-electron chi connectivity index (χ3n) is 2.89. The van der Waals surface area contributed by atoms with Crippen molar-refractivity contribution in [1.82, 2.24) is 10.2 Å². The van der Waals surface area contributed by atoms with Crippen LogP contribution in [0.4, 0.5) is 4.79 Å². The number of hydrogen-bond acceptors (Lipinski definition) is 4. The highest BCUT2D eigenvalue weighted by atomic mass is 16.3. The molecule has 2 rings (SSSR count). The largest absolute Gasteiger partial charge is 0.467 e. The van der Waals surface area contributed by atoms with Gasteiger partial charge in [0.15, 0.2) is 0 Å². The lowest BCUT2D eigenvalue weighted by molar-refractivity contribution is -0.109. The summed E-state index contributed by atoms with van der Waals surface area (Å²) < 4.78 is 5.06. The summed E-state index contributed by atoms with van der Waals surface area (Å²) in [5.74, 6) is -0.156. The maximum absolute atomic E-state index is 12.1. The van der Waals surface area contributed by atoms with Gasteiger partial charge in [-0.2, -0.15) is 0 Å². The zero-order valence-electron chi connectivity index (χ0n) is 11.4. The number of furan rings is 1. The number of urea groups is 1. The van der Waals surface area contributed by atoms with Crippen LogP contribution < -0.4 is 5.32 Å². The van der Waals surface area contributed by atoms with Gasteiger partial charge in [0.1, 0.15) is 18.1 Å². The minimum Gasteiger partial charge on any atom is -0.467 e. The highest BCUT2D eigenvalue weighted by Crippen LogP contribution is 2.12. The lowest BCUT2D eigenvalue weighted by atomic mass is 10.2. The topological polar surface area (TPSA) is 79.6 Å². The first kappa shape index (κ1) is 14.5. The van der Waals surface area contributed by atoms with Crippen molar-refractivity contribution in [1.29, 1.82) is 0 Å². The molecule has 0 spiro atoms. The Labute approximate surface area is 121 Å². The van der Waals surface area contributed by atoms with Gasteiger partial charge in [-0.1, -0.05) is 18.2 Å². The van der Waals surface area contributed by atoms with Crippen molar-refractivity contribution in [2.75, 3.05) is 7.05 Å². The smallest absolute Gasteiger partial charge is 0.325 e. The van der Waals surface area contributed by atoms with Crippen LogP contribution in [0.3, 0.4) is 0 Å². The van der Waals surface area contributed by atoms with Crippen LogP contribution in [0.5, 0.6) is 0 Å². The molecule has 21 heavy (non-hydrogen) atoms. The second kappa shape index (κ2) is 6.51. The predicted molar refractivity (Wildman–Crippen MR) is 74.6 cm³/mol. The van der Waals surface area contributed by atoms with Crippen LogP contribution in [0.2, 0.25) is 0 Å². The molecule has 1 atom stereocenters. The van der Waals surface area contributed by atoms with Gasteiger partial charge in [0.25, 0.3) is 5.91 Å². The summed E-state index contributed by atoms with van der Waals surface area (Å²) in [6, 6.07) is 9.96. The number of aldehydes is 1. The van der Waals surface area contributed by atoms with Gasteiger partial charge in [0.05, 0.1) is 6.26 Å². The monoisotopic (exact) mass is 286 g/mol. The zero-order valence-corrected chi connectivity index (χ0v) is 11.4. The molecule has 0 fully saturated rings. The first-order valence-electron chi connectivity index (χ1n) is 6.25. The first-order chi connectivity index (χ1) is 10.1. The normalized spacial score (nSPS) is 11.5. The summed E-state index contributed by atoms with van der Waals surface area (Å²) in [4.78, 5) is 36.0. The average Bonchev–Trinajstić information content (AvgIpc) is 3.06. The zero-order chi connectivity index (χ0) is 15.2. The standard InChI is InChI=1S/C15H14N2O4/c1-17(14(19)11-6-3-2-4-7-11)15(20)16-12(10-18)13-8-5-9-21-13/h2-10,12H,1H3,(H,16,20). The molecule has 0 radical (unpaired) electrons. The molecule has 1 unspecified atom stereocenters. The SMILES string of the molecule is CN(C(=O)NC(C=O)c1ccco1)C(=O)c1ccccc1. The molecule has 0 aliphatic heterocycles. The number of amides is 3. The molecule has 3 amide bonds. The van der Waals surface area contributed by atoms with E-state index in [0.717, 1.165) is 4.90 Å². The van der Waals surface area contributed by atoms with E-state index in [1.54, 1.807) is 42.5 Å². The number of rotatable bonds is 4. The quantitative estimate of drug-likeness (QED) is 0.872. The van der Waals surface area contributed by atoms with Gasteiger partial charge < -0.3 is 14.5 Å². The number of carbonyl (C=O) groups is 3. The van der Waals surface area contributed by atoms with Crippen LogP contribution in [-0.4, -0.2) is 30.2 Å². The molecule has 1 aromatic heterocycles. The Kier molecular flexibility index (Phi) is 4.50. The summed E-state index contributed by atoms with van der Waals surface area (Å²) in [5.41, 5.74) is 0.385. The van der Waals surface area contributed by atoms with Crippen molar-refractivity contribution in [3.63, 3.8) is 0 Å². The van der Waals surface area contributed by atoms with E-state index in [1.807, 2.05) is 0 Å². The Morgan fingerprint density at radius 1 is 1.19 bits per heavy atom. The van der Waals surface area contributed by atoms with Gasteiger partial charge in [-0.3, -0.25) is 9.69 Å². The molecule has 1 N–H and O–H groups in total. The van der Waals surface area contributed by atoms with Gasteiger partial charge >= 0.3 is 6.03 Å². The number of benzene rings is 1. The highest BCUT2D eigenvalue weighted by molar-refractivity contribution is 6.04. The lowest BCUT2D eigenvalue weighted by Gasteiger charge is -2.18. The number of hydrogen-bond donors (Lipinski definition) is 1. The van der Waals surface area contributed by atoms with Crippen molar-refractivity contribution >= 4 is 18.2 Å². The van der Waals surface area contributed by atoms with E-state index < -0.39 is 18.0 Å². The van der Waals surface area contributed by atoms with Crippen molar-refractivity contribution in [3.05, 3.63) is 60.1 Å². The Morgan fingerprint density at radius 2 is 1.90 bits per heavy atom.